The van der Waals surface area contributed by atoms with E-state index in [1.807, 2.05) is 19.9 Å². The topological polar surface area (TPSA) is 86.8 Å². The van der Waals surface area contributed by atoms with Crippen molar-refractivity contribution in [1.82, 2.24) is 10.2 Å². The van der Waals surface area contributed by atoms with E-state index in [1.54, 1.807) is 56.3 Å². The third-order valence-corrected chi connectivity index (χ3v) is 7.97. The van der Waals surface area contributed by atoms with Crippen LogP contribution in [-0.4, -0.2) is 44.3 Å². The minimum Gasteiger partial charge on any atom is -0.355 e. The number of sulfonamides is 1. The number of nitrogens with zero attached hydrogens (tertiary/aromatic N) is 2. The quantitative estimate of drug-likeness (QED) is 0.387. The summed E-state index contributed by atoms with van der Waals surface area (Å²) in [4.78, 5) is 28.2. The highest BCUT2D eigenvalue weighted by Crippen LogP contribution is 2.26. The summed E-state index contributed by atoms with van der Waals surface area (Å²) in [7, 11) is -4.12. The van der Waals surface area contributed by atoms with E-state index in [2.05, 4.69) is 5.32 Å². The van der Waals surface area contributed by atoms with Crippen LogP contribution in [0.1, 0.15) is 37.0 Å². The fourth-order valence-electron chi connectivity index (χ4n) is 4.15. The summed E-state index contributed by atoms with van der Waals surface area (Å²) in [5.41, 5.74) is 2.69. The summed E-state index contributed by atoms with van der Waals surface area (Å²) in [5.74, 6) is -1.31. The molecule has 0 spiro atoms. The van der Waals surface area contributed by atoms with Crippen LogP contribution in [-0.2, 0) is 26.2 Å². The average Bonchev–Trinajstić information content (AvgIpc) is 2.88. The Morgan fingerprint density at radius 2 is 1.58 bits per heavy atom. The van der Waals surface area contributed by atoms with Gasteiger partial charge in [0.1, 0.15) is 18.4 Å². The number of carbonyl (C=O) groups excluding carboxylic acids is 2. The lowest BCUT2D eigenvalue weighted by molar-refractivity contribution is -0.140. The Hall–Kier alpha value is -3.72. The molecular weight excluding hydrogens is 505 g/mol. The molecule has 3 aromatic rings. The highest BCUT2D eigenvalue weighted by atomic mass is 32.2. The zero-order valence-corrected chi connectivity index (χ0v) is 23.0. The van der Waals surface area contributed by atoms with Gasteiger partial charge < -0.3 is 10.2 Å². The molecule has 0 aliphatic rings. The van der Waals surface area contributed by atoms with Gasteiger partial charge >= 0.3 is 0 Å². The number of carbonyl (C=O) groups is 2. The Kier molecular flexibility index (Phi) is 9.63. The number of nitrogens with one attached hydrogen (secondary N) is 1. The van der Waals surface area contributed by atoms with Gasteiger partial charge in [0.15, 0.2) is 0 Å². The normalized spacial score (nSPS) is 12.0. The highest BCUT2D eigenvalue weighted by molar-refractivity contribution is 7.92. The van der Waals surface area contributed by atoms with E-state index < -0.39 is 34.3 Å². The van der Waals surface area contributed by atoms with Gasteiger partial charge in [0.25, 0.3) is 10.0 Å². The smallest absolute Gasteiger partial charge is 0.264 e. The van der Waals surface area contributed by atoms with Crippen molar-refractivity contribution in [2.45, 2.75) is 51.6 Å². The SMILES string of the molecule is CCNC(=O)[C@H](CC)N(Cc1ccc(F)cc1)C(=O)CN(c1cccc(C)c1)S(=O)(=O)c1ccc(C)cc1. The van der Waals surface area contributed by atoms with Crippen LogP contribution in [0.3, 0.4) is 0 Å². The molecule has 0 unspecified atom stereocenters. The van der Waals surface area contributed by atoms with Gasteiger partial charge in [-0.05, 0) is 74.7 Å². The maximum atomic E-state index is 13.9. The molecule has 0 aliphatic carbocycles. The summed E-state index contributed by atoms with van der Waals surface area (Å²) < 4.78 is 42.2. The van der Waals surface area contributed by atoms with Gasteiger partial charge in [0.05, 0.1) is 10.6 Å². The fourth-order valence-corrected chi connectivity index (χ4v) is 5.55. The number of aryl methyl sites for hydroxylation is 2. The number of amides is 2. The van der Waals surface area contributed by atoms with Gasteiger partial charge in [-0.2, -0.15) is 0 Å². The number of hydrogen-bond acceptors (Lipinski definition) is 4. The number of hydrogen-bond donors (Lipinski definition) is 1. The van der Waals surface area contributed by atoms with Crippen LogP contribution in [0.4, 0.5) is 10.1 Å². The first-order valence-corrected chi connectivity index (χ1v) is 14.0. The summed E-state index contributed by atoms with van der Waals surface area (Å²) in [5, 5.41) is 2.76. The lowest BCUT2D eigenvalue weighted by Crippen LogP contribution is -2.52. The van der Waals surface area contributed by atoms with Gasteiger partial charge in [-0.3, -0.25) is 13.9 Å². The first kappa shape index (κ1) is 28.8. The summed E-state index contributed by atoms with van der Waals surface area (Å²) >= 11 is 0. The number of benzene rings is 3. The summed E-state index contributed by atoms with van der Waals surface area (Å²) in [6.45, 7) is 7.14. The minimum atomic E-state index is -4.12. The van der Waals surface area contributed by atoms with E-state index in [1.165, 1.54) is 29.2 Å². The van der Waals surface area contributed by atoms with Gasteiger partial charge in [-0.25, -0.2) is 12.8 Å². The van der Waals surface area contributed by atoms with Crippen molar-refractivity contribution in [2.24, 2.45) is 0 Å². The van der Waals surface area contributed by atoms with Crippen molar-refractivity contribution in [3.8, 4) is 0 Å². The molecular formula is C29H34FN3O4S. The van der Waals surface area contributed by atoms with Crippen molar-refractivity contribution in [3.05, 3.63) is 95.3 Å². The maximum absolute atomic E-state index is 13.9. The van der Waals surface area contributed by atoms with Crippen molar-refractivity contribution in [3.63, 3.8) is 0 Å². The molecule has 0 radical (unpaired) electrons. The lowest BCUT2D eigenvalue weighted by atomic mass is 10.1. The first-order chi connectivity index (χ1) is 18.1. The van der Waals surface area contributed by atoms with Crippen LogP contribution in [0.15, 0.2) is 77.7 Å². The molecule has 3 aromatic carbocycles. The van der Waals surface area contributed by atoms with Crippen molar-refractivity contribution < 1.29 is 22.4 Å². The molecule has 0 aromatic heterocycles. The molecule has 0 saturated carbocycles. The summed E-state index contributed by atoms with van der Waals surface area (Å²) in [6, 6.07) is 18.1. The van der Waals surface area contributed by atoms with E-state index in [9.17, 15) is 22.4 Å². The van der Waals surface area contributed by atoms with Gasteiger partial charge in [-0.1, -0.05) is 48.9 Å². The predicted octanol–water partition coefficient (Wildman–Crippen LogP) is 4.58. The fraction of sp³-hybridized carbons (Fsp3) is 0.310. The van der Waals surface area contributed by atoms with Crippen LogP contribution < -0.4 is 9.62 Å². The number of halogens is 1. The zero-order valence-electron chi connectivity index (χ0n) is 22.1. The van der Waals surface area contributed by atoms with Crippen LogP contribution in [0.5, 0.6) is 0 Å². The van der Waals surface area contributed by atoms with E-state index in [-0.39, 0.29) is 17.3 Å². The molecule has 1 N–H and O–H groups in total. The van der Waals surface area contributed by atoms with Crippen LogP contribution in [0.25, 0.3) is 0 Å². The second kappa shape index (κ2) is 12.7. The first-order valence-electron chi connectivity index (χ1n) is 12.5. The molecule has 2 amide bonds. The second-order valence-electron chi connectivity index (χ2n) is 9.13. The molecule has 1 atom stereocenters. The molecule has 38 heavy (non-hydrogen) atoms. The lowest BCUT2D eigenvalue weighted by Gasteiger charge is -2.33. The third kappa shape index (κ3) is 6.98. The van der Waals surface area contributed by atoms with E-state index >= 15 is 0 Å². The molecule has 9 heteroatoms. The maximum Gasteiger partial charge on any atom is 0.264 e. The highest BCUT2D eigenvalue weighted by Gasteiger charge is 2.33. The molecule has 0 bridgehead atoms. The van der Waals surface area contributed by atoms with E-state index in [4.69, 9.17) is 0 Å². The Morgan fingerprint density at radius 1 is 0.921 bits per heavy atom. The number of likely N-dealkylation sites (N-methyl/N-ethyl adjacent to an activating group) is 1. The largest absolute Gasteiger partial charge is 0.355 e. The van der Waals surface area contributed by atoms with Crippen molar-refractivity contribution in [2.75, 3.05) is 17.4 Å². The molecule has 7 nitrogen and oxygen atoms in total. The Balaban J connectivity index is 2.05. The van der Waals surface area contributed by atoms with Crippen LogP contribution in [0.2, 0.25) is 0 Å². The zero-order chi connectivity index (χ0) is 27.9. The second-order valence-corrected chi connectivity index (χ2v) is 11.0. The van der Waals surface area contributed by atoms with Crippen LogP contribution in [0, 0.1) is 19.7 Å². The predicted molar refractivity (Wildman–Crippen MR) is 147 cm³/mol. The van der Waals surface area contributed by atoms with Gasteiger partial charge in [0.2, 0.25) is 11.8 Å². The molecule has 0 aliphatic heterocycles. The van der Waals surface area contributed by atoms with Gasteiger partial charge in [0, 0.05) is 13.1 Å². The molecule has 3 rings (SSSR count). The number of anilines is 1. The molecule has 0 saturated heterocycles. The van der Waals surface area contributed by atoms with Crippen LogP contribution >= 0.6 is 0 Å². The van der Waals surface area contributed by atoms with E-state index in [0.29, 0.717) is 24.2 Å². The number of rotatable bonds is 11. The Morgan fingerprint density at radius 3 is 2.16 bits per heavy atom. The summed E-state index contributed by atoms with van der Waals surface area (Å²) in [6.07, 6.45) is 0.313. The third-order valence-electron chi connectivity index (χ3n) is 6.18. The standard InChI is InChI=1S/C29H34FN3O4S/c1-5-27(29(35)31-6-2)32(19-23-12-14-24(30)15-13-23)28(34)20-33(25-9-7-8-22(4)18-25)38(36,37)26-16-10-21(3)11-17-26/h7-18,27H,5-6,19-20H2,1-4H3,(H,31,35)/t27-/m0/s1. The average molecular weight is 540 g/mol. The molecule has 202 valence electrons. The molecule has 0 heterocycles. The van der Waals surface area contributed by atoms with Gasteiger partial charge in [-0.15, -0.1) is 0 Å². The van der Waals surface area contributed by atoms with Crippen molar-refractivity contribution >= 4 is 27.5 Å². The molecule has 0 fully saturated rings. The Bertz CT molecular complexity index is 1360. The van der Waals surface area contributed by atoms with E-state index in [0.717, 1.165) is 15.4 Å². The van der Waals surface area contributed by atoms with Crippen molar-refractivity contribution in [1.29, 1.82) is 0 Å². The monoisotopic (exact) mass is 539 g/mol. The Labute approximate surface area is 224 Å². The minimum absolute atomic E-state index is 0.0149.